The third-order valence-electron chi connectivity index (χ3n) is 4.60. The van der Waals surface area contributed by atoms with Gasteiger partial charge in [0.2, 0.25) is 0 Å². The predicted molar refractivity (Wildman–Crippen MR) is 89.9 cm³/mol. The van der Waals surface area contributed by atoms with Gasteiger partial charge in [0.1, 0.15) is 6.21 Å². The van der Waals surface area contributed by atoms with Gasteiger partial charge in [-0.25, -0.2) is 0 Å². The summed E-state index contributed by atoms with van der Waals surface area (Å²) >= 11 is 0. The molecule has 0 fully saturated rings. The van der Waals surface area contributed by atoms with Crippen LogP contribution in [0.15, 0.2) is 78.0 Å². The monoisotopic (exact) mass is 299 g/mol. The van der Waals surface area contributed by atoms with Crippen LogP contribution < -0.4 is 4.65 Å². The van der Waals surface area contributed by atoms with Gasteiger partial charge in [-0.2, -0.15) is 0 Å². The average molecular weight is 299 g/mol. The second kappa shape index (κ2) is 4.59. The Kier molecular flexibility index (Phi) is 2.54. The van der Waals surface area contributed by atoms with Gasteiger partial charge < -0.3 is 13.8 Å². The highest BCUT2D eigenvalue weighted by atomic mass is 16.6. The molecule has 3 aliphatic rings. The minimum atomic E-state index is -1.81. The second-order valence-electron chi connectivity index (χ2n) is 5.93. The van der Waals surface area contributed by atoms with Gasteiger partial charge in [0.25, 0.3) is 0 Å². The van der Waals surface area contributed by atoms with Crippen LogP contribution in [0, 0.1) is 0 Å². The molecule has 110 valence electrons. The van der Waals surface area contributed by atoms with E-state index in [-0.39, 0.29) is 0 Å². The Hall–Kier alpha value is -2.81. The Morgan fingerprint density at radius 3 is 2.83 bits per heavy atom. The lowest BCUT2D eigenvalue weighted by Crippen LogP contribution is -2.60. The van der Waals surface area contributed by atoms with Gasteiger partial charge >= 0.3 is 6.69 Å². The first-order valence-electron chi connectivity index (χ1n) is 7.78. The van der Waals surface area contributed by atoms with Crippen molar-refractivity contribution in [1.29, 1.82) is 0 Å². The smallest absolute Gasteiger partial charge is 0.629 e. The number of hydrogen-bond acceptors (Lipinski definition) is 2. The van der Waals surface area contributed by atoms with Crippen LogP contribution in [0.2, 0.25) is 0 Å². The fourth-order valence-electron chi connectivity index (χ4n) is 3.50. The van der Waals surface area contributed by atoms with E-state index >= 15 is 0 Å². The van der Waals surface area contributed by atoms with E-state index < -0.39 is 6.69 Å². The number of para-hydroxylation sites is 2. The van der Waals surface area contributed by atoms with Crippen molar-refractivity contribution in [2.45, 2.75) is 6.61 Å². The molecule has 1 unspecified atom stereocenters. The van der Waals surface area contributed by atoms with Crippen molar-refractivity contribution in [3.8, 4) is 5.75 Å². The van der Waals surface area contributed by atoms with Crippen molar-refractivity contribution in [3.63, 3.8) is 0 Å². The largest absolute Gasteiger partial charge is 0.638 e. The lowest BCUT2D eigenvalue weighted by molar-refractivity contribution is -0.346. The van der Waals surface area contributed by atoms with Crippen molar-refractivity contribution in [2.75, 3.05) is 0 Å². The molecular weight excluding hydrogens is 285 g/mol. The second-order valence-corrected chi connectivity index (χ2v) is 5.93. The highest BCUT2D eigenvalue weighted by Gasteiger charge is 2.54. The zero-order valence-corrected chi connectivity index (χ0v) is 12.5. The summed E-state index contributed by atoms with van der Waals surface area (Å²) in [6, 6.07) is 16.3. The summed E-state index contributed by atoms with van der Waals surface area (Å²) in [6.07, 6.45) is 8.01. The van der Waals surface area contributed by atoms with E-state index in [4.69, 9.17) is 9.31 Å². The molecule has 23 heavy (non-hydrogen) atoms. The van der Waals surface area contributed by atoms with Crippen LogP contribution in [-0.2, 0) is 11.3 Å². The Balaban J connectivity index is 1.81. The molecule has 0 bridgehead atoms. The zero-order chi connectivity index (χ0) is 15.3. The highest BCUT2D eigenvalue weighted by molar-refractivity contribution is 6.70. The molecule has 1 atom stereocenters. The third-order valence-corrected chi connectivity index (χ3v) is 4.60. The van der Waals surface area contributed by atoms with Crippen LogP contribution in [0.25, 0.3) is 0 Å². The maximum atomic E-state index is 6.43. The van der Waals surface area contributed by atoms with Crippen molar-refractivity contribution in [2.24, 2.45) is 0 Å². The van der Waals surface area contributed by atoms with E-state index in [2.05, 4.69) is 34.6 Å². The third kappa shape index (κ3) is 1.73. The normalized spacial score (nSPS) is 23.3. The maximum Gasteiger partial charge on any atom is 0.638 e. The molecule has 2 heterocycles. The molecule has 2 aromatic rings. The Bertz CT molecular complexity index is 953. The number of allylic oxidation sites excluding steroid dienone is 3. The lowest BCUT2D eigenvalue weighted by atomic mass is 9.60. The van der Waals surface area contributed by atoms with Gasteiger partial charge in [-0.1, -0.05) is 42.5 Å². The standard InChI is InChI=1S/C19H14BNO2/c1-5-11-18-16(8-1)14-22-20(17-9-3-4-10-17)21(18)13-15-7-2-6-12-19(15)23-20/h1-9,11-13H,14H2. The van der Waals surface area contributed by atoms with Crippen LogP contribution >= 0.6 is 0 Å². The van der Waals surface area contributed by atoms with Gasteiger partial charge in [0.15, 0.2) is 5.69 Å². The minimum absolute atomic E-state index is 0.529. The highest BCUT2D eigenvalue weighted by Crippen LogP contribution is 2.39. The van der Waals surface area contributed by atoms with Crippen LogP contribution in [0.4, 0.5) is 5.69 Å². The van der Waals surface area contributed by atoms with E-state index in [9.17, 15) is 0 Å². The van der Waals surface area contributed by atoms with E-state index in [1.54, 1.807) is 0 Å². The quantitative estimate of drug-likeness (QED) is 0.594. The Morgan fingerprint density at radius 2 is 1.91 bits per heavy atom. The fourth-order valence-corrected chi connectivity index (χ4v) is 3.50. The topological polar surface area (TPSA) is 21.5 Å². The van der Waals surface area contributed by atoms with E-state index in [0.717, 1.165) is 28.0 Å². The Labute approximate surface area is 134 Å². The molecule has 0 radical (unpaired) electrons. The summed E-state index contributed by atoms with van der Waals surface area (Å²) in [6.45, 7) is -1.28. The first-order valence-corrected chi connectivity index (χ1v) is 7.78. The summed E-state index contributed by atoms with van der Waals surface area (Å²) in [4.78, 5) is 0. The molecule has 0 saturated carbocycles. The van der Waals surface area contributed by atoms with Crippen LogP contribution in [0.5, 0.6) is 5.75 Å². The molecule has 0 spiro atoms. The zero-order valence-electron chi connectivity index (χ0n) is 12.5. The summed E-state index contributed by atoms with van der Waals surface area (Å²) in [5, 5.41) is 0. The molecule has 0 saturated heterocycles. The van der Waals surface area contributed by atoms with Crippen molar-refractivity contribution < 1.29 is 13.8 Å². The van der Waals surface area contributed by atoms with Gasteiger partial charge in [-0.3, -0.25) is 0 Å². The van der Waals surface area contributed by atoms with Crippen LogP contribution in [0.1, 0.15) is 11.1 Å². The molecule has 5 rings (SSSR count). The van der Waals surface area contributed by atoms with Gasteiger partial charge in [-0.15, -0.1) is 5.73 Å². The van der Waals surface area contributed by atoms with Crippen molar-refractivity contribution in [1.82, 2.24) is 0 Å². The van der Waals surface area contributed by atoms with Gasteiger partial charge in [-0.05, 0) is 23.7 Å². The summed E-state index contributed by atoms with van der Waals surface area (Å²) < 4.78 is 14.9. The number of hydrogen-bond donors (Lipinski definition) is 0. The average Bonchev–Trinajstić information content (AvgIpc) is 3.15. The molecule has 3 nitrogen and oxygen atoms in total. The SMILES string of the molecule is C1=CC=CC=1[B-]12OCc3ccccc3[N+]1=Cc1ccccc1O2. The molecular formula is C19H14BNO2. The number of fused-ring (bicyclic) bond motifs is 4. The lowest BCUT2D eigenvalue weighted by Gasteiger charge is -2.43. The number of nitrogens with zero attached hydrogens (tertiary/aromatic N) is 1. The summed E-state index contributed by atoms with van der Waals surface area (Å²) in [5.41, 5.74) is 7.55. The first kappa shape index (κ1) is 12.7. The molecule has 2 aromatic carbocycles. The molecule has 4 heteroatoms. The van der Waals surface area contributed by atoms with Crippen molar-refractivity contribution in [3.05, 3.63) is 89.1 Å². The molecule has 1 aliphatic carbocycles. The van der Waals surface area contributed by atoms with Gasteiger partial charge in [0.05, 0.1) is 11.3 Å². The van der Waals surface area contributed by atoms with E-state index in [0.29, 0.717) is 6.61 Å². The summed E-state index contributed by atoms with van der Waals surface area (Å²) in [7, 11) is 0. The van der Waals surface area contributed by atoms with Crippen LogP contribution in [-0.4, -0.2) is 17.4 Å². The van der Waals surface area contributed by atoms with Crippen LogP contribution in [0.3, 0.4) is 0 Å². The minimum Gasteiger partial charge on any atom is -0.629 e. The van der Waals surface area contributed by atoms with E-state index in [1.807, 2.05) is 48.6 Å². The van der Waals surface area contributed by atoms with E-state index in [1.165, 1.54) is 0 Å². The molecule has 0 amide bonds. The molecule has 0 aromatic heterocycles. The predicted octanol–water partition coefficient (Wildman–Crippen LogP) is 3.50. The van der Waals surface area contributed by atoms with Crippen molar-refractivity contribution >= 4 is 18.6 Å². The fraction of sp³-hybridized carbons (Fsp3) is 0.0526. The number of rotatable bonds is 1. The van der Waals surface area contributed by atoms with Gasteiger partial charge in [0, 0.05) is 18.2 Å². The first-order chi connectivity index (χ1) is 11.4. The Morgan fingerprint density at radius 1 is 1.04 bits per heavy atom. The summed E-state index contributed by atoms with van der Waals surface area (Å²) in [5.74, 6) is 0.845. The molecule has 2 aliphatic heterocycles. The molecule has 0 N–H and O–H groups in total. The number of benzene rings is 2. The maximum absolute atomic E-state index is 6.43.